The molecule has 0 spiro atoms. The van der Waals surface area contributed by atoms with Gasteiger partial charge < -0.3 is 10.1 Å². The number of nitrogens with one attached hydrogen (secondary N) is 1. The van der Waals surface area contributed by atoms with Gasteiger partial charge in [-0.3, -0.25) is 10.1 Å². The molecular formula is C10H11ClN2O3. The maximum atomic E-state index is 10.9. The van der Waals surface area contributed by atoms with Crippen molar-refractivity contribution in [3.8, 4) is 0 Å². The van der Waals surface area contributed by atoms with Gasteiger partial charge in [-0.2, -0.15) is 0 Å². The number of hydrogen-bond acceptors (Lipinski definition) is 4. The van der Waals surface area contributed by atoms with Crippen LogP contribution in [-0.2, 0) is 4.74 Å². The number of halogens is 1. The van der Waals surface area contributed by atoms with Crippen LogP contribution in [0.15, 0.2) is 18.2 Å². The van der Waals surface area contributed by atoms with Gasteiger partial charge in [0.05, 0.1) is 17.6 Å². The second-order valence-electron chi connectivity index (χ2n) is 3.60. The Labute approximate surface area is 97.5 Å². The molecule has 86 valence electrons. The van der Waals surface area contributed by atoms with E-state index in [2.05, 4.69) is 5.32 Å². The molecule has 5 nitrogen and oxygen atoms in total. The van der Waals surface area contributed by atoms with Crippen molar-refractivity contribution in [2.75, 3.05) is 18.5 Å². The van der Waals surface area contributed by atoms with E-state index in [0.717, 1.165) is 6.42 Å². The molecule has 1 aliphatic heterocycles. The summed E-state index contributed by atoms with van der Waals surface area (Å²) in [6.45, 7) is 1.26. The molecule has 1 N–H and O–H groups in total. The van der Waals surface area contributed by atoms with Crippen molar-refractivity contribution in [3.05, 3.63) is 33.3 Å². The lowest BCUT2D eigenvalue weighted by Crippen LogP contribution is -2.19. The largest absolute Gasteiger partial charge is 0.379 e. The lowest BCUT2D eigenvalue weighted by Gasteiger charge is -2.12. The maximum absolute atomic E-state index is 10.9. The van der Waals surface area contributed by atoms with Gasteiger partial charge in [-0.1, -0.05) is 17.7 Å². The predicted octanol–water partition coefficient (Wildman–Crippen LogP) is 2.45. The fourth-order valence-electron chi connectivity index (χ4n) is 1.69. The Morgan fingerprint density at radius 3 is 3.00 bits per heavy atom. The normalized spacial score (nSPS) is 19.7. The Morgan fingerprint density at radius 2 is 2.38 bits per heavy atom. The fraction of sp³-hybridized carbons (Fsp3) is 0.400. The van der Waals surface area contributed by atoms with Crippen LogP contribution in [0.1, 0.15) is 6.42 Å². The van der Waals surface area contributed by atoms with Crippen LogP contribution in [0.2, 0.25) is 5.02 Å². The summed E-state index contributed by atoms with van der Waals surface area (Å²) in [6.07, 6.45) is 0.851. The van der Waals surface area contributed by atoms with Gasteiger partial charge in [0.15, 0.2) is 0 Å². The van der Waals surface area contributed by atoms with E-state index in [9.17, 15) is 10.1 Å². The first-order valence-corrected chi connectivity index (χ1v) is 5.33. The van der Waals surface area contributed by atoms with Crippen molar-refractivity contribution < 1.29 is 9.66 Å². The zero-order valence-corrected chi connectivity index (χ0v) is 9.24. The highest BCUT2D eigenvalue weighted by atomic mass is 35.5. The molecule has 1 aliphatic rings. The van der Waals surface area contributed by atoms with Crippen molar-refractivity contribution in [2.24, 2.45) is 0 Å². The molecule has 0 amide bonds. The fourth-order valence-corrected chi connectivity index (χ4v) is 1.93. The SMILES string of the molecule is O=[N+]([O-])c1c(Cl)cccc1NC1CCOC1. The Kier molecular flexibility index (Phi) is 3.26. The van der Waals surface area contributed by atoms with Gasteiger partial charge in [-0.15, -0.1) is 0 Å². The average Bonchev–Trinajstić information content (AvgIpc) is 2.70. The lowest BCUT2D eigenvalue weighted by molar-refractivity contribution is -0.383. The van der Waals surface area contributed by atoms with Crippen LogP contribution in [-0.4, -0.2) is 24.2 Å². The van der Waals surface area contributed by atoms with Crippen molar-refractivity contribution in [1.29, 1.82) is 0 Å². The molecule has 1 heterocycles. The number of rotatable bonds is 3. The Bertz CT molecular complexity index is 405. The van der Waals surface area contributed by atoms with Crippen LogP contribution in [0.3, 0.4) is 0 Å². The Balaban J connectivity index is 2.25. The van der Waals surface area contributed by atoms with E-state index in [1.165, 1.54) is 6.07 Å². The van der Waals surface area contributed by atoms with E-state index >= 15 is 0 Å². The summed E-state index contributed by atoms with van der Waals surface area (Å²) < 4.78 is 5.19. The van der Waals surface area contributed by atoms with E-state index < -0.39 is 4.92 Å². The van der Waals surface area contributed by atoms with Crippen molar-refractivity contribution in [1.82, 2.24) is 0 Å². The zero-order valence-electron chi connectivity index (χ0n) is 8.48. The number of hydrogen-bond donors (Lipinski definition) is 1. The van der Waals surface area contributed by atoms with Crippen molar-refractivity contribution in [2.45, 2.75) is 12.5 Å². The number of nitro benzene ring substituents is 1. The first-order chi connectivity index (χ1) is 7.68. The quantitative estimate of drug-likeness (QED) is 0.653. The molecule has 0 bridgehead atoms. The van der Waals surface area contributed by atoms with Gasteiger partial charge in [0.25, 0.3) is 0 Å². The van der Waals surface area contributed by atoms with E-state index in [0.29, 0.717) is 18.9 Å². The van der Waals surface area contributed by atoms with Gasteiger partial charge >= 0.3 is 5.69 Å². The highest BCUT2D eigenvalue weighted by molar-refractivity contribution is 6.33. The van der Waals surface area contributed by atoms with Gasteiger partial charge in [-0.25, -0.2) is 0 Å². The van der Waals surface area contributed by atoms with Crippen LogP contribution < -0.4 is 5.32 Å². The second-order valence-corrected chi connectivity index (χ2v) is 4.01. The van der Waals surface area contributed by atoms with Crippen LogP contribution in [0.25, 0.3) is 0 Å². The summed E-state index contributed by atoms with van der Waals surface area (Å²) in [5, 5.41) is 14.1. The second kappa shape index (κ2) is 4.67. The van der Waals surface area contributed by atoms with Crippen LogP contribution in [0.4, 0.5) is 11.4 Å². The van der Waals surface area contributed by atoms with E-state index in [4.69, 9.17) is 16.3 Å². The smallest absolute Gasteiger partial charge is 0.310 e. The zero-order chi connectivity index (χ0) is 11.5. The third-order valence-corrected chi connectivity index (χ3v) is 2.76. The third-order valence-electron chi connectivity index (χ3n) is 2.46. The molecule has 1 aromatic carbocycles. The first-order valence-electron chi connectivity index (χ1n) is 4.95. The topological polar surface area (TPSA) is 64.4 Å². The predicted molar refractivity (Wildman–Crippen MR) is 61.0 cm³/mol. The van der Waals surface area contributed by atoms with Gasteiger partial charge in [0, 0.05) is 6.61 Å². The van der Waals surface area contributed by atoms with Crippen molar-refractivity contribution >= 4 is 23.0 Å². The van der Waals surface area contributed by atoms with E-state index in [1.54, 1.807) is 12.1 Å². The molecule has 1 aromatic rings. The molecule has 1 atom stereocenters. The number of nitrogens with zero attached hydrogens (tertiary/aromatic N) is 1. The standard InChI is InChI=1S/C10H11ClN2O3/c11-8-2-1-3-9(10(8)13(14)15)12-7-4-5-16-6-7/h1-3,7,12H,4-6H2. The lowest BCUT2D eigenvalue weighted by atomic mass is 10.2. The third kappa shape index (κ3) is 2.25. The van der Waals surface area contributed by atoms with E-state index in [-0.39, 0.29) is 16.8 Å². The highest BCUT2D eigenvalue weighted by Crippen LogP contribution is 2.33. The van der Waals surface area contributed by atoms with Gasteiger partial charge in [-0.05, 0) is 18.6 Å². The van der Waals surface area contributed by atoms with Gasteiger partial charge in [0.2, 0.25) is 0 Å². The molecule has 16 heavy (non-hydrogen) atoms. The number of para-hydroxylation sites is 1. The minimum atomic E-state index is -0.472. The molecule has 0 aromatic heterocycles. The minimum Gasteiger partial charge on any atom is -0.379 e. The monoisotopic (exact) mass is 242 g/mol. The molecule has 1 unspecified atom stereocenters. The summed E-state index contributed by atoms with van der Waals surface area (Å²) >= 11 is 5.80. The Hall–Kier alpha value is -1.33. The summed E-state index contributed by atoms with van der Waals surface area (Å²) in [6, 6.07) is 4.98. The number of anilines is 1. The molecule has 0 saturated carbocycles. The summed E-state index contributed by atoms with van der Waals surface area (Å²) in [7, 11) is 0. The molecule has 6 heteroatoms. The number of benzene rings is 1. The van der Waals surface area contributed by atoms with Crippen LogP contribution in [0.5, 0.6) is 0 Å². The number of ether oxygens (including phenoxy) is 1. The summed E-state index contributed by atoms with van der Waals surface area (Å²) in [5.41, 5.74) is 0.379. The highest BCUT2D eigenvalue weighted by Gasteiger charge is 2.22. The maximum Gasteiger partial charge on any atom is 0.310 e. The summed E-state index contributed by atoms with van der Waals surface area (Å²) in [5.74, 6) is 0. The molecule has 1 saturated heterocycles. The van der Waals surface area contributed by atoms with Crippen LogP contribution in [0, 0.1) is 10.1 Å². The first kappa shape index (κ1) is 11.2. The molecule has 2 rings (SSSR count). The van der Waals surface area contributed by atoms with Gasteiger partial charge in [0.1, 0.15) is 10.7 Å². The summed E-state index contributed by atoms with van der Waals surface area (Å²) in [4.78, 5) is 10.4. The minimum absolute atomic E-state index is 0.0731. The molecular weight excluding hydrogens is 232 g/mol. The molecule has 1 fully saturated rings. The van der Waals surface area contributed by atoms with Crippen LogP contribution >= 0.6 is 11.6 Å². The van der Waals surface area contributed by atoms with Crippen molar-refractivity contribution in [3.63, 3.8) is 0 Å². The number of nitro groups is 1. The average molecular weight is 243 g/mol. The van der Waals surface area contributed by atoms with E-state index in [1.807, 2.05) is 0 Å². The Morgan fingerprint density at radius 1 is 1.56 bits per heavy atom. The molecule has 0 aliphatic carbocycles. The molecule has 0 radical (unpaired) electrons.